The summed E-state index contributed by atoms with van der Waals surface area (Å²) in [7, 11) is 0. The third kappa shape index (κ3) is 7.32. The molecule has 2 N–H and O–H groups in total. The summed E-state index contributed by atoms with van der Waals surface area (Å²) in [6, 6.07) is 33.0. The maximum absolute atomic E-state index is 12.9. The first-order chi connectivity index (χ1) is 18.5. The number of benzene rings is 4. The Morgan fingerprint density at radius 3 is 2.08 bits per heavy atom. The molecule has 0 aromatic heterocycles. The third-order valence-corrected chi connectivity index (χ3v) is 6.44. The van der Waals surface area contributed by atoms with Crippen molar-refractivity contribution >= 4 is 11.9 Å². The van der Waals surface area contributed by atoms with Gasteiger partial charge in [-0.1, -0.05) is 91.9 Å². The second-order valence-corrected chi connectivity index (χ2v) is 9.35. The zero-order valence-corrected chi connectivity index (χ0v) is 21.6. The number of carboxylic acids is 1. The molecule has 5 heteroatoms. The molecule has 0 unspecified atom stereocenters. The monoisotopic (exact) mass is 507 g/mol. The number of rotatable bonds is 12. The van der Waals surface area contributed by atoms with Crippen molar-refractivity contribution in [3.8, 4) is 16.9 Å². The van der Waals surface area contributed by atoms with E-state index in [2.05, 4.69) is 5.32 Å². The van der Waals surface area contributed by atoms with Crippen LogP contribution in [0.2, 0.25) is 0 Å². The number of carbonyl (C=O) groups is 2. The van der Waals surface area contributed by atoms with Crippen LogP contribution in [0.1, 0.15) is 40.4 Å². The van der Waals surface area contributed by atoms with Crippen LogP contribution in [0.5, 0.6) is 5.75 Å². The van der Waals surface area contributed by atoms with Crippen LogP contribution in [0, 0.1) is 5.92 Å². The minimum atomic E-state index is -0.825. The molecule has 0 bridgehead atoms. The zero-order valence-electron chi connectivity index (χ0n) is 21.6. The lowest BCUT2D eigenvalue weighted by Crippen LogP contribution is -2.23. The van der Waals surface area contributed by atoms with Crippen LogP contribution < -0.4 is 10.1 Å². The SMILES string of the molecule is CCCOc1ccc(C[C@@H](Cc2ccccc2)C(=O)O)cc1CNC(=O)c1ccc(-c2ccccc2)cc1. The summed E-state index contributed by atoms with van der Waals surface area (Å²) in [5.41, 5.74) is 5.44. The molecule has 0 aliphatic carbocycles. The van der Waals surface area contributed by atoms with Crippen LogP contribution in [0.3, 0.4) is 0 Å². The Morgan fingerprint density at radius 1 is 0.789 bits per heavy atom. The molecular weight excluding hydrogens is 474 g/mol. The highest BCUT2D eigenvalue weighted by Gasteiger charge is 2.20. The molecule has 194 valence electrons. The number of nitrogens with one attached hydrogen (secondary N) is 1. The summed E-state index contributed by atoms with van der Waals surface area (Å²) in [6.45, 7) is 2.88. The van der Waals surface area contributed by atoms with Crippen molar-refractivity contribution in [2.45, 2.75) is 32.7 Å². The Morgan fingerprint density at radius 2 is 1.42 bits per heavy atom. The summed E-state index contributed by atoms with van der Waals surface area (Å²) in [4.78, 5) is 24.9. The van der Waals surface area contributed by atoms with E-state index in [0.29, 0.717) is 30.8 Å². The summed E-state index contributed by atoms with van der Waals surface area (Å²) >= 11 is 0. The number of amides is 1. The van der Waals surface area contributed by atoms with E-state index < -0.39 is 11.9 Å². The van der Waals surface area contributed by atoms with Crippen molar-refractivity contribution in [3.05, 3.63) is 125 Å². The molecule has 4 aromatic carbocycles. The standard InChI is InChI=1S/C33H33NO4/c1-2-19-38-31-18-13-25(21-29(33(36)37)20-24-9-5-3-6-10-24)22-30(31)23-34-32(35)28-16-14-27(15-17-28)26-11-7-4-8-12-26/h3-18,22,29H,2,19-21,23H2,1H3,(H,34,35)(H,36,37)/t29-/m1/s1. The molecule has 38 heavy (non-hydrogen) atoms. The Balaban J connectivity index is 1.46. The summed E-state index contributed by atoms with van der Waals surface area (Å²) in [5.74, 6) is -0.853. The maximum Gasteiger partial charge on any atom is 0.307 e. The van der Waals surface area contributed by atoms with Gasteiger partial charge in [-0.2, -0.15) is 0 Å². The first-order valence-corrected chi connectivity index (χ1v) is 13.0. The average molecular weight is 508 g/mol. The molecule has 0 aliphatic heterocycles. The van der Waals surface area contributed by atoms with Gasteiger partial charge in [0.15, 0.2) is 0 Å². The fraction of sp³-hybridized carbons (Fsp3) is 0.212. The molecule has 0 fully saturated rings. The van der Waals surface area contributed by atoms with Crippen LogP contribution in [0.25, 0.3) is 11.1 Å². The van der Waals surface area contributed by atoms with Crippen molar-refractivity contribution in [3.63, 3.8) is 0 Å². The van der Waals surface area contributed by atoms with Crippen LogP contribution in [-0.4, -0.2) is 23.6 Å². The van der Waals surface area contributed by atoms with E-state index in [0.717, 1.165) is 34.2 Å². The van der Waals surface area contributed by atoms with Crippen LogP contribution in [-0.2, 0) is 24.2 Å². The highest BCUT2D eigenvalue weighted by atomic mass is 16.5. The Bertz CT molecular complexity index is 1330. The van der Waals surface area contributed by atoms with Crippen molar-refractivity contribution in [2.24, 2.45) is 5.92 Å². The number of carbonyl (C=O) groups excluding carboxylic acids is 1. The second-order valence-electron chi connectivity index (χ2n) is 9.35. The number of ether oxygens (including phenoxy) is 1. The molecule has 4 rings (SSSR count). The molecule has 0 heterocycles. The molecule has 0 spiro atoms. The quantitative estimate of drug-likeness (QED) is 0.228. The number of aliphatic carboxylic acids is 1. The van der Waals surface area contributed by atoms with Gasteiger partial charge in [0.2, 0.25) is 0 Å². The minimum Gasteiger partial charge on any atom is -0.493 e. The lowest BCUT2D eigenvalue weighted by Gasteiger charge is -2.16. The molecule has 5 nitrogen and oxygen atoms in total. The fourth-order valence-corrected chi connectivity index (χ4v) is 4.40. The van der Waals surface area contributed by atoms with Crippen molar-refractivity contribution < 1.29 is 19.4 Å². The molecule has 0 radical (unpaired) electrons. The molecular formula is C33H33NO4. The van der Waals surface area contributed by atoms with Gasteiger partial charge in [-0.3, -0.25) is 9.59 Å². The Kier molecular flexibility index (Phi) is 9.30. The summed E-state index contributed by atoms with van der Waals surface area (Å²) < 4.78 is 5.92. The smallest absolute Gasteiger partial charge is 0.307 e. The lowest BCUT2D eigenvalue weighted by molar-refractivity contribution is -0.141. The first kappa shape index (κ1) is 26.7. The van der Waals surface area contributed by atoms with Gasteiger partial charge in [0.05, 0.1) is 12.5 Å². The van der Waals surface area contributed by atoms with Gasteiger partial charge in [0.1, 0.15) is 5.75 Å². The van der Waals surface area contributed by atoms with Gasteiger partial charge in [-0.15, -0.1) is 0 Å². The van der Waals surface area contributed by atoms with E-state index in [1.807, 2.05) is 110 Å². The minimum absolute atomic E-state index is 0.177. The molecule has 0 saturated heterocycles. The normalized spacial score (nSPS) is 11.5. The third-order valence-electron chi connectivity index (χ3n) is 6.44. The van der Waals surface area contributed by atoms with Gasteiger partial charge in [-0.25, -0.2) is 0 Å². The number of carboxylic acid groups (broad SMARTS) is 1. The van der Waals surface area contributed by atoms with Gasteiger partial charge in [0, 0.05) is 17.7 Å². The van der Waals surface area contributed by atoms with Crippen LogP contribution in [0.4, 0.5) is 0 Å². The second kappa shape index (κ2) is 13.2. The average Bonchev–Trinajstić information content (AvgIpc) is 2.96. The van der Waals surface area contributed by atoms with Gasteiger partial charge < -0.3 is 15.2 Å². The number of hydrogen-bond acceptors (Lipinski definition) is 3. The Labute approximate surface area is 224 Å². The highest BCUT2D eigenvalue weighted by molar-refractivity contribution is 5.94. The Hall–Kier alpha value is -4.38. The highest BCUT2D eigenvalue weighted by Crippen LogP contribution is 2.24. The van der Waals surface area contributed by atoms with E-state index >= 15 is 0 Å². The van der Waals surface area contributed by atoms with Crippen LogP contribution in [0.15, 0.2) is 103 Å². The van der Waals surface area contributed by atoms with E-state index in [1.165, 1.54) is 0 Å². The molecule has 1 atom stereocenters. The largest absolute Gasteiger partial charge is 0.493 e. The number of hydrogen-bond donors (Lipinski definition) is 2. The van der Waals surface area contributed by atoms with E-state index in [1.54, 1.807) is 0 Å². The van der Waals surface area contributed by atoms with Crippen molar-refractivity contribution in [1.29, 1.82) is 0 Å². The van der Waals surface area contributed by atoms with Gasteiger partial charge in [0.25, 0.3) is 5.91 Å². The summed E-state index contributed by atoms with van der Waals surface area (Å²) in [5, 5.41) is 12.8. The summed E-state index contributed by atoms with van der Waals surface area (Å²) in [6.07, 6.45) is 1.70. The lowest BCUT2D eigenvalue weighted by atomic mass is 9.92. The predicted octanol–water partition coefficient (Wildman–Crippen LogP) is 6.56. The maximum atomic E-state index is 12.9. The van der Waals surface area contributed by atoms with Crippen molar-refractivity contribution in [1.82, 2.24) is 5.32 Å². The molecule has 0 aliphatic rings. The van der Waals surface area contributed by atoms with E-state index in [-0.39, 0.29) is 12.5 Å². The predicted molar refractivity (Wildman–Crippen MR) is 150 cm³/mol. The topological polar surface area (TPSA) is 75.6 Å². The zero-order chi connectivity index (χ0) is 26.7. The van der Waals surface area contributed by atoms with E-state index in [4.69, 9.17) is 4.74 Å². The van der Waals surface area contributed by atoms with E-state index in [9.17, 15) is 14.7 Å². The van der Waals surface area contributed by atoms with Gasteiger partial charge in [-0.05, 0) is 59.7 Å². The molecule has 0 saturated carbocycles. The van der Waals surface area contributed by atoms with Gasteiger partial charge >= 0.3 is 5.97 Å². The molecule has 1 amide bonds. The fourth-order valence-electron chi connectivity index (χ4n) is 4.40. The van der Waals surface area contributed by atoms with Crippen molar-refractivity contribution in [2.75, 3.05) is 6.61 Å². The first-order valence-electron chi connectivity index (χ1n) is 13.0. The molecule has 4 aromatic rings. The van der Waals surface area contributed by atoms with Crippen LogP contribution >= 0.6 is 0 Å².